The first kappa shape index (κ1) is 20.2. The van der Waals surface area contributed by atoms with Crippen molar-refractivity contribution in [1.29, 1.82) is 0 Å². The van der Waals surface area contributed by atoms with Gasteiger partial charge in [-0.25, -0.2) is 8.42 Å². The first-order valence-electron chi connectivity index (χ1n) is 9.06. The van der Waals surface area contributed by atoms with Crippen LogP contribution >= 0.6 is 11.6 Å². The summed E-state index contributed by atoms with van der Waals surface area (Å²) >= 11 is 6.51. The highest BCUT2D eigenvalue weighted by atomic mass is 35.5. The molecule has 0 saturated carbocycles. The molecule has 0 radical (unpaired) electrons. The van der Waals surface area contributed by atoms with E-state index in [0.717, 1.165) is 28.3 Å². The van der Waals surface area contributed by atoms with Crippen LogP contribution in [0.15, 0.2) is 77.8 Å². The van der Waals surface area contributed by atoms with E-state index in [2.05, 4.69) is 4.98 Å². The maximum absolute atomic E-state index is 11.8. The van der Waals surface area contributed by atoms with E-state index in [1.807, 2.05) is 30.3 Å². The van der Waals surface area contributed by atoms with Crippen molar-refractivity contribution in [2.75, 3.05) is 13.4 Å². The second-order valence-electron chi connectivity index (χ2n) is 6.71. The molecule has 4 rings (SSSR count). The molecule has 1 heterocycles. The number of para-hydroxylation sites is 1. The molecule has 30 heavy (non-hydrogen) atoms. The van der Waals surface area contributed by atoms with Crippen LogP contribution in [0, 0.1) is 0 Å². The largest absolute Gasteiger partial charge is 0.494 e. The van der Waals surface area contributed by atoms with E-state index in [0.29, 0.717) is 22.3 Å². The molecule has 0 saturated heterocycles. The number of nitrogens with zero attached hydrogens (tertiary/aromatic N) is 1. The van der Waals surface area contributed by atoms with Gasteiger partial charge in [0.15, 0.2) is 9.84 Å². The molecule has 0 N–H and O–H groups in total. The molecule has 0 atom stereocenters. The number of hydrogen-bond donors (Lipinski definition) is 0. The van der Waals surface area contributed by atoms with E-state index < -0.39 is 9.84 Å². The summed E-state index contributed by atoms with van der Waals surface area (Å²) < 4.78 is 35.0. The van der Waals surface area contributed by atoms with Crippen molar-refractivity contribution in [1.82, 2.24) is 4.98 Å². The van der Waals surface area contributed by atoms with Gasteiger partial charge in [0.1, 0.15) is 22.8 Å². The standard InChI is InChI=1S/C23H18ClNO4S/c1-28-22-8-4-7-19-18(11-12-25-23(19)22)20-14-16(9-10-21(20)24)29-15-5-3-6-17(13-15)30(2,26)27/h3-14H,1-2H3. The molecule has 0 bridgehead atoms. The molecule has 0 aliphatic carbocycles. The van der Waals surface area contributed by atoms with Gasteiger partial charge in [0.2, 0.25) is 0 Å². The van der Waals surface area contributed by atoms with Crippen LogP contribution in [0.5, 0.6) is 17.2 Å². The Morgan fingerprint density at radius 3 is 2.43 bits per heavy atom. The molecule has 7 heteroatoms. The molecule has 0 spiro atoms. The van der Waals surface area contributed by atoms with E-state index >= 15 is 0 Å². The lowest BCUT2D eigenvalue weighted by atomic mass is 10.0. The number of ether oxygens (including phenoxy) is 2. The van der Waals surface area contributed by atoms with E-state index in [1.54, 1.807) is 37.6 Å². The van der Waals surface area contributed by atoms with Gasteiger partial charge in [0.25, 0.3) is 0 Å². The van der Waals surface area contributed by atoms with E-state index in [-0.39, 0.29) is 4.90 Å². The normalized spacial score (nSPS) is 11.4. The van der Waals surface area contributed by atoms with Crippen LogP contribution in [0.25, 0.3) is 22.0 Å². The molecule has 0 aliphatic rings. The number of halogens is 1. The molecule has 1 aromatic heterocycles. The van der Waals surface area contributed by atoms with Crippen molar-refractivity contribution in [3.63, 3.8) is 0 Å². The van der Waals surface area contributed by atoms with Crippen LogP contribution in [0.2, 0.25) is 5.02 Å². The van der Waals surface area contributed by atoms with Crippen LogP contribution in [0.3, 0.4) is 0 Å². The highest BCUT2D eigenvalue weighted by molar-refractivity contribution is 7.90. The minimum atomic E-state index is -3.33. The fraction of sp³-hybridized carbons (Fsp3) is 0.0870. The third-order valence-electron chi connectivity index (χ3n) is 4.65. The summed E-state index contributed by atoms with van der Waals surface area (Å²) in [4.78, 5) is 4.63. The van der Waals surface area contributed by atoms with Gasteiger partial charge in [0, 0.05) is 28.4 Å². The Balaban J connectivity index is 1.78. The van der Waals surface area contributed by atoms with Crippen LogP contribution in [-0.4, -0.2) is 26.8 Å². The summed E-state index contributed by atoms with van der Waals surface area (Å²) in [6, 6.07) is 19.3. The van der Waals surface area contributed by atoms with Gasteiger partial charge in [-0.15, -0.1) is 0 Å². The topological polar surface area (TPSA) is 65.5 Å². The molecule has 0 amide bonds. The van der Waals surface area contributed by atoms with Gasteiger partial charge < -0.3 is 9.47 Å². The summed E-state index contributed by atoms with van der Waals surface area (Å²) in [5.41, 5.74) is 2.40. The number of benzene rings is 3. The summed E-state index contributed by atoms with van der Waals surface area (Å²) in [5, 5.41) is 1.46. The summed E-state index contributed by atoms with van der Waals surface area (Å²) in [5.74, 6) is 1.64. The Morgan fingerprint density at radius 1 is 0.900 bits per heavy atom. The molecule has 0 fully saturated rings. The average molecular weight is 440 g/mol. The third-order valence-corrected chi connectivity index (χ3v) is 6.09. The lowest BCUT2D eigenvalue weighted by Crippen LogP contribution is -1.97. The smallest absolute Gasteiger partial charge is 0.175 e. The Labute approximate surface area is 179 Å². The van der Waals surface area contributed by atoms with Crippen molar-refractivity contribution in [2.24, 2.45) is 0 Å². The summed E-state index contributed by atoms with van der Waals surface area (Å²) in [6.45, 7) is 0. The lowest BCUT2D eigenvalue weighted by molar-refractivity contribution is 0.419. The highest BCUT2D eigenvalue weighted by Gasteiger charge is 2.13. The zero-order chi connectivity index (χ0) is 21.3. The summed E-state index contributed by atoms with van der Waals surface area (Å²) in [6.07, 6.45) is 2.87. The number of methoxy groups -OCH3 is 1. The first-order chi connectivity index (χ1) is 14.4. The monoisotopic (exact) mass is 439 g/mol. The van der Waals surface area contributed by atoms with Crippen molar-refractivity contribution in [2.45, 2.75) is 4.90 Å². The molecule has 0 aliphatic heterocycles. The van der Waals surface area contributed by atoms with Crippen molar-refractivity contribution >= 4 is 32.3 Å². The van der Waals surface area contributed by atoms with E-state index in [1.165, 1.54) is 12.1 Å². The predicted octanol–water partition coefficient (Wildman–Crippen LogP) is 5.76. The van der Waals surface area contributed by atoms with E-state index in [4.69, 9.17) is 21.1 Å². The molecular formula is C23H18ClNO4S. The van der Waals surface area contributed by atoms with Gasteiger partial charge in [-0.2, -0.15) is 0 Å². The zero-order valence-electron chi connectivity index (χ0n) is 16.3. The van der Waals surface area contributed by atoms with Gasteiger partial charge in [-0.05, 0) is 54.1 Å². The van der Waals surface area contributed by atoms with Crippen molar-refractivity contribution < 1.29 is 17.9 Å². The van der Waals surface area contributed by atoms with Gasteiger partial charge in [-0.1, -0.05) is 29.8 Å². The van der Waals surface area contributed by atoms with E-state index in [9.17, 15) is 8.42 Å². The summed E-state index contributed by atoms with van der Waals surface area (Å²) in [7, 11) is -1.72. The Morgan fingerprint density at radius 2 is 1.67 bits per heavy atom. The second-order valence-corrected chi connectivity index (χ2v) is 9.13. The molecular weight excluding hydrogens is 422 g/mol. The molecule has 0 unspecified atom stereocenters. The first-order valence-corrected chi connectivity index (χ1v) is 11.3. The maximum atomic E-state index is 11.8. The van der Waals surface area contributed by atoms with Crippen LogP contribution in [-0.2, 0) is 9.84 Å². The maximum Gasteiger partial charge on any atom is 0.175 e. The minimum Gasteiger partial charge on any atom is -0.494 e. The quantitative estimate of drug-likeness (QED) is 0.395. The number of rotatable bonds is 5. The molecule has 3 aromatic carbocycles. The van der Waals surface area contributed by atoms with Crippen molar-refractivity contribution in [3.05, 3.63) is 77.9 Å². The molecule has 4 aromatic rings. The zero-order valence-corrected chi connectivity index (χ0v) is 17.9. The minimum absolute atomic E-state index is 0.196. The van der Waals surface area contributed by atoms with Crippen LogP contribution in [0.4, 0.5) is 0 Å². The number of pyridine rings is 1. The molecule has 152 valence electrons. The fourth-order valence-electron chi connectivity index (χ4n) is 3.23. The Kier molecular flexibility index (Phi) is 5.37. The Bertz CT molecular complexity index is 1350. The predicted molar refractivity (Wildman–Crippen MR) is 118 cm³/mol. The average Bonchev–Trinajstić information content (AvgIpc) is 2.74. The van der Waals surface area contributed by atoms with Gasteiger partial charge >= 0.3 is 0 Å². The van der Waals surface area contributed by atoms with Crippen LogP contribution < -0.4 is 9.47 Å². The SMILES string of the molecule is COc1cccc2c(-c3cc(Oc4cccc(S(C)(=O)=O)c4)ccc3Cl)ccnc12. The fourth-order valence-corrected chi connectivity index (χ4v) is 4.10. The number of sulfone groups is 1. The third kappa shape index (κ3) is 3.97. The van der Waals surface area contributed by atoms with Crippen molar-refractivity contribution in [3.8, 4) is 28.4 Å². The lowest BCUT2D eigenvalue weighted by Gasteiger charge is -2.13. The molecule has 5 nitrogen and oxygen atoms in total. The van der Waals surface area contributed by atoms with Gasteiger partial charge in [-0.3, -0.25) is 4.98 Å². The number of hydrogen-bond acceptors (Lipinski definition) is 5. The Hall–Kier alpha value is -3.09. The van der Waals surface area contributed by atoms with Gasteiger partial charge in [0.05, 0.1) is 12.0 Å². The second kappa shape index (κ2) is 7.97. The highest BCUT2D eigenvalue weighted by Crippen LogP contribution is 2.38. The number of aromatic nitrogens is 1. The van der Waals surface area contributed by atoms with Crippen LogP contribution in [0.1, 0.15) is 0 Å². The number of fused-ring (bicyclic) bond motifs is 1.